The van der Waals surface area contributed by atoms with E-state index in [0.717, 1.165) is 11.1 Å². The molecule has 1 heterocycles. The van der Waals surface area contributed by atoms with Crippen LogP contribution in [0.2, 0.25) is 0 Å². The predicted octanol–water partition coefficient (Wildman–Crippen LogP) is 0.160. The number of aliphatic imine (C=N–C) groups is 1. The first kappa shape index (κ1) is 20.6. The minimum absolute atomic E-state index is 0.0133. The van der Waals surface area contributed by atoms with Crippen LogP contribution in [0.5, 0.6) is 0 Å². The lowest BCUT2D eigenvalue weighted by molar-refractivity contribution is 0.0729. The number of morpholine rings is 1. The number of methoxy groups -OCH3 is 1. The molecule has 1 aromatic rings. The van der Waals surface area contributed by atoms with Crippen LogP contribution in [-0.4, -0.2) is 72.3 Å². The Bertz CT molecular complexity index is 688. The third kappa shape index (κ3) is 6.24. The average molecular weight is 385 g/mol. The zero-order valence-electron chi connectivity index (χ0n) is 15.4. The van der Waals surface area contributed by atoms with Gasteiger partial charge in [0.2, 0.25) is 10.0 Å². The van der Waals surface area contributed by atoms with Gasteiger partial charge in [-0.05, 0) is 11.1 Å². The Morgan fingerprint density at radius 3 is 2.58 bits per heavy atom. The van der Waals surface area contributed by atoms with E-state index in [0.29, 0.717) is 52.0 Å². The predicted molar refractivity (Wildman–Crippen MR) is 102 cm³/mol. The number of rotatable bonds is 8. The Kier molecular flexibility index (Phi) is 8.30. The summed E-state index contributed by atoms with van der Waals surface area (Å²) in [5.74, 6) is 0.633. The summed E-state index contributed by atoms with van der Waals surface area (Å²) in [6, 6.07) is 7.55. The number of hydrogen-bond acceptors (Lipinski definition) is 5. The zero-order valence-corrected chi connectivity index (χ0v) is 16.2. The van der Waals surface area contributed by atoms with Crippen LogP contribution < -0.4 is 10.6 Å². The maximum atomic E-state index is 12.7. The second kappa shape index (κ2) is 10.5. The van der Waals surface area contributed by atoms with Gasteiger partial charge in [0.15, 0.2) is 5.96 Å². The summed E-state index contributed by atoms with van der Waals surface area (Å²) in [6.45, 7) is 3.44. The molecule has 2 rings (SSSR count). The van der Waals surface area contributed by atoms with Crippen LogP contribution in [0.1, 0.15) is 11.1 Å². The monoisotopic (exact) mass is 384 g/mol. The van der Waals surface area contributed by atoms with E-state index in [1.54, 1.807) is 14.2 Å². The molecule has 0 spiro atoms. The molecular weight excluding hydrogens is 356 g/mol. The lowest BCUT2D eigenvalue weighted by atomic mass is 10.1. The SMILES string of the molecule is CN=C(NCCOC)NCc1ccccc1CS(=O)(=O)N1CCOCC1. The van der Waals surface area contributed by atoms with Crippen molar-refractivity contribution in [3.8, 4) is 0 Å². The van der Waals surface area contributed by atoms with Crippen molar-refractivity contribution in [2.45, 2.75) is 12.3 Å². The van der Waals surface area contributed by atoms with Crippen LogP contribution in [-0.2, 0) is 31.8 Å². The minimum atomic E-state index is -3.36. The fourth-order valence-electron chi connectivity index (χ4n) is 2.65. The van der Waals surface area contributed by atoms with Crippen molar-refractivity contribution in [2.24, 2.45) is 4.99 Å². The second-order valence-corrected chi connectivity index (χ2v) is 7.85. The molecule has 26 heavy (non-hydrogen) atoms. The van der Waals surface area contributed by atoms with Crippen LogP contribution in [0.25, 0.3) is 0 Å². The van der Waals surface area contributed by atoms with E-state index >= 15 is 0 Å². The van der Waals surface area contributed by atoms with E-state index in [-0.39, 0.29) is 5.75 Å². The van der Waals surface area contributed by atoms with Gasteiger partial charge in [0.05, 0.1) is 25.6 Å². The molecule has 0 aliphatic carbocycles. The Morgan fingerprint density at radius 1 is 1.23 bits per heavy atom. The highest BCUT2D eigenvalue weighted by Crippen LogP contribution is 2.16. The summed E-state index contributed by atoms with van der Waals surface area (Å²) in [5, 5.41) is 6.34. The maximum Gasteiger partial charge on any atom is 0.218 e. The number of nitrogens with zero attached hydrogens (tertiary/aromatic N) is 2. The highest BCUT2D eigenvalue weighted by Gasteiger charge is 2.25. The van der Waals surface area contributed by atoms with Gasteiger partial charge in [0, 0.05) is 40.3 Å². The van der Waals surface area contributed by atoms with E-state index in [1.807, 2.05) is 24.3 Å². The van der Waals surface area contributed by atoms with Gasteiger partial charge in [-0.3, -0.25) is 4.99 Å². The first-order valence-corrected chi connectivity index (χ1v) is 10.2. The normalized spacial score (nSPS) is 16.5. The number of guanidine groups is 1. The highest BCUT2D eigenvalue weighted by atomic mass is 32.2. The van der Waals surface area contributed by atoms with E-state index in [1.165, 1.54) is 4.31 Å². The Morgan fingerprint density at radius 2 is 1.92 bits per heavy atom. The van der Waals surface area contributed by atoms with Crippen LogP contribution in [0, 0.1) is 0 Å². The van der Waals surface area contributed by atoms with Gasteiger partial charge in [-0.15, -0.1) is 0 Å². The van der Waals surface area contributed by atoms with Gasteiger partial charge in [-0.1, -0.05) is 24.3 Å². The molecule has 0 unspecified atom stereocenters. The summed E-state index contributed by atoms with van der Waals surface area (Å²) >= 11 is 0. The van der Waals surface area contributed by atoms with Gasteiger partial charge >= 0.3 is 0 Å². The van der Waals surface area contributed by atoms with Crippen molar-refractivity contribution < 1.29 is 17.9 Å². The van der Waals surface area contributed by atoms with Crippen molar-refractivity contribution >= 4 is 16.0 Å². The molecule has 9 heteroatoms. The van der Waals surface area contributed by atoms with Crippen molar-refractivity contribution in [1.82, 2.24) is 14.9 Å². The third-order valence-corrected chi connectivity index (χ3v) is 5.92. The molecule has 1 fully saturated rings. The molecule has 0 amide bonds. The average Bonchev–Trinajstić information content (AvgIpc) is 2.66. The lowest BCUT2D eigenvalue weighted by Gasteiger charge is -2.26. The van der Waals surface area contributed by atoms with Crippen molar-refractivity contribution in [1.29, 1.82) is 0 Å². The summed E-state index contributed by atoms with van der Waals surface area (Å²) in [4.78, 5) is 4.15. The highest BCUT2D eigenvalue weighted by molar-refractivity contribution is 7.88. The second-order valence-electron chi connectivity index (χ2n) is 5.88. The topological polar surface area (TPSA) is 92.3 Å². The van der Waals surface area contributed by atoms with Gasteiger partial charge < -0.3 is 20.1 Å². The largest absolute Gasteiger partial charge is 0.383 e. The fraction of sp³-hybridized carbons (Fsp3) is 0.588. The standard InChI is InChI=1S/C17H28N4O4S/c1-18-17(19-7-10-24-2)20-13-15-5-3-4-6-16(15)14-26(22,23)21-8-11-25-12-9-21/h3-6H,7-14H2,1-2H3,(H2,18,19,20). The van der Waals surface area contributed by atoms with E-state index in [2.05, 4.69) is 15.6 Å². The molecule has 1 aromatic carbocycles. The van der Waals surface area contributed by atoms with Crippen LogP contribution in [0.3, 0.4) is 0 Å². The first-order chi connectivity index (χ1) is 12.6. The summed E-state index contributed by atoms with van der Waals surface area (Å²) in [7, 11) is -0.0241. The minimum Gasteiger partial charge on any atom is -0.383 e. The molecule has 0 bridgehead atoms. The Labute approximate surface area is 155 Å². The van der Waals surface area contributed by atoms with Gasteiger partial charge in [-0.2, -0.15) is 4.31 Å². The van der Waals surface area contributed by atoms with Gasteiger partial charge in [-0.25, -0.2) is 8.42 Å². The molecule has 0 aromatic heterocycles. The fourth-order valence-corrected chi connectivity index (χ4v) is 4.22. The van der Waals surface area contributed by atoms with Crippen LogP contribution in [0.4, 0.5) is 0 Å². The number of sulfonamides is 1. The van der Waals surface area contributed by atoms with Crippen LogP contribution >= 0.6 is 0 Å². The van der Waals surface area contributed by atoms with Gasteiger partial charge in [0.1, 0.15) is 0 Å². The number of nitrogens with one attached hydrogen (secondary N) is 2. The summed E-state index contributed by atoms with van der Waals surface area (Å²) in [6.07, 6.45) is 0. The number of hydrogen-bond donors (Lipinski definition) is 2. The molecule has 0 saturated carbocycles. The molecule has 0 radical (unpaired) electrons. The Balaban J connectivity index is 2.00. The first-order valence-electron chi connectivity index (χ1n) is 8.62. The van der Waals surface area contributed by atoms with E-state index < -0.39 is 10.0 Å². The van der Waals surface area contributed by atoms with Crippen molar-refractivity contribution in [3.63, 3.8) is 0 Å². The zero-order chi connectivity index (χ0) is 18.8. The molecule has 1 aliphatic heterocycles. The van der Waals surface area contributed by atoms with Crippen molar-refractivity contribution in [3.05, 3.63) is 35.4 Å². The molecule has 1 saturated heterocycles. The molecular formula is C17H28N4O4S. The summed E-state index contributed by atoms with van der Waals surface area (Å²) < 4.78 is 37.1. The van der Waals surface area contributed by atoms with Crippen molar-refractivity contribution in [2.75, 3.05) is 53.6 Å². The molecule has 8 nitrogen and oxygen atoms in total. The molecule has 1 aliphatic rings. The number of ether oxygens (including phenoxy) is 2. The lowest BCUT2D eigenvalue weighted by Crippen LogP contribution is -2.41. The molecule has 0 atom stereocenters. The molecule has 146 valence electrons. The quantitative estimate of drug-likeness (QED) is 0.377. The molecule has 2 N–H and O–H groups in total. The number of benzene rings is 1. The van der Waals surface area contributed by atoms with Crippen LogP contribution in [0.15, 0.2) is 29.3 Å². The maximum absolute atomic E-state index is 12.7. The van der Waals surface area contributed by atoms with Gasteiger partial charge in [0.25, 0.3) is 0 Å². The van der Waals surface area contributed by atoms with E-state index in [9.17, 15) is 8.42 Å². The third-order valence-electron chi connectivity index (χ3n) is 4.09. The summed E-state index contributed by atoms with van der Waals surface area (Å²) in [5.41, 5.74) is 1.72. The van der Waals surface area contributed by atoms with E-state index in [4.69, 9.17) is 9.47 Å². The smallest absolute Gasteiger partial charge is 0.218 e. The Hall–Kier alpha value is -1.68.